The summed E-state index contributed by atoms with van der Waals surface area (Å²) in [5.41, 5.74) is 0.451. The van der Waals surface area contributed by atoms with Gasteiger partial charge < -0.3 is 10.2 Å². The molecule has 3 rings (SSSR count). The Labute approximate surface area is 135 Å². The second-order valence-corrected chi connectivity index (χ2v) is 8.59. The summed E-state index contributed by atoms with van der Waals surface area (Å²) >= 11 is 5.91. The van der Waals surface area contributed by atoms with E-state index in [1.807, 2.05) is 4.90 Å². The highest BCUT2D eigenvalue weighted by molar-refractivity contribution is 7.90. The first-order valence-electron chi connectivity index (χ1n) is 7.40. The highest BCUT2D eigenvalue weighted by atomic mass is 35.5. The summed E-state index contributed by atoms with van der Waals surface area (Å²) in [6, 6.07) is 4.35. The first-order chi connectivity index (χ1) is 10.3. The molecule has 0 aromatic heterocycles. The fourth-order valence-electron chi connectivity index (χ4n) is 3.47. The van der Waals surface area contributed by atoms with Gasteiger partial charge in [0.25, 0.3) is 0 Å². The van der Waals surface area contributed by atoms with Gasteiger partial charge in [0.1, 0.15) is 0 Å². The Morgan fingerprint density at radius 1 is 1.27 bits per heavy atom. The molecule has 1 saturated heterocycles. The first-order valence-corrected chi connectivity index (χ1v) is 9.67. The van der Waals surface area contributed by atoms with E-state index in [0.29, 0.717) is 17.5 Å². The van der Waals surface area contributed by atoms with Gasteiger partial charge in [-0.15, -0.1) is 0 Å². The summed E-state index contributed by atoms with van der Waals surface area (Å²) < 4.78 is 23.3. The zero-order valence-corrected chi connectivity index (χ0v) is 14.0. The zero-order valence-electron chi connectivity index (χ0n) is 12.4. The van der Waals surface area contributed by atoms with Crippen LogP contribution in [0, 0.1) is 11.8 Å². The lowest BCUT2D eigenvalue weighted by Gasteiger charge is -2.18. The van der Waals surface area contributed by atoms with Gasteiger partial charge in [-0.2, -0.15) is 0 Å². The first kappa shape index (κ1) is 15.6. The number of amides is 2. The largest absolute Gasteiger partial charge is 0.324 e. The van der Waals surface area contributed by atoms with Crippen LogP contribution >= 0.6 is 11.6 Å². The number of carbonyl (C=O) groups excluding carboxylic acids is 1. The van der Waals surface area contributed by atoms with Crippen LogP contribution in [0.4, 0.5) is 10.5 Å². The Hall–Kier alpha value is -1.27. The lowest BCUT2D eigenvalue weighted by molar-refractivity contribution is 0.219. The molecule has 2 unspecified atom stereocenters. The van der Waals surface area contributed by atoms with Crippen molar-refractivity contribution in [3.63, 3.8) is 0 Å². The molecule has 0 spiro atoms. The van der Waals surface area contributed by atoms with Crippen LogP contribution in [0.15, 0.2) is 23.1 Å². The van der Waals surface area contributed by atoms with Crippen molar-refractivity contribution < 1.29 is 13.2 Å². The second-order valence-electron chi connectivity index (χ2n) is 6.20. The molecule has 2 amide bonds. The predicted octanol–water partition coefficient (Wildman–Crippen LogP) is 3.01. The quantitative estimate of drug-likeness (QED) is 0.898. The van der Waals surface area contributed by atoms with E-state index >= 15 is 0 Å². The van der Waals surface area contributed by atoms with Gasteiger partial charge >= 0.3 is 6.03 Å². The lowest BCUT2D eigenvalue weighted by Crippen LogP contribution is -2.33. The van der Waals surface area contributed by atoms with E-state index in [1.54, 1.807) is 6.07 Å². The maximum atomic E-state index is 12.3. The van der Waals surface area contributed by atoms with Gasteiger partial charge in [0.15, 0.2) is 9.84 Å². The molecular weight excluding hydrogens is 324 g/mol. The van der Waals surface area contributed by atoms with Crippen LogP contribution in [-0.2, 0) is 9.84 Å². The smallest absolute Gasteiger partial charge is 0.321 e. The summed E-state index contributed by atoms with van der Waals surface area (Å²) in [7, 11) is -3.42. The van der Waals surface area contributed by atoms with Crippen LogP contribution in [0.5, 0.6) is 0 Å². The van der Waals surface area contributed by atoms with Crippen LogP contribution in [0.25, 0.3) is 0 Å². The third kappa shape index (κ3) is 3.08. The third-order valence-corrected chi connectivity index (χ3v) is 6.17. The number of hydrogen-bond donors (Lipinski definition) is 1. The van der Waals surface area contributed by atoms with Gasteiger partial charge in [-0.05, 0) is 42.9 Å². The van der Waals surface area contributed by atoms with E-state index in [2.05, 4.69) is 5.32 Å². The van der Waals surface area contributed by atoms with Crippen LogP contribution in [0.2, 0.25) is 5.02 Å². The fourth-order valence-corrected chi connectivity index (χ4v) is 4.77. The number of fused-ring (bicyclic) bond motifs is 1. The van der Waals surface area contributed by atoms with Crippen molar-refractivity contribution in [1.82, 2.24) is 4.90 Å². The van der Waals surface area contributed by atoms with E-state index in [4.69, 9.17) is 11.6 Å². The number of rotatable bonds is 2. The zero-order chi connectivity index (χ0) is 15.9. The molecule has 1 heterocycles. The Balaban J connectivity index is 1.72. The average molecular weight is 343 g/mol. The number of nitrogens with one attached hydrogen (secondary N) is 1. The molecule has 0 radical (unpaired) electrons. The minimum Gasteiger partial charge on any atom is -0.324 e. The Bertz CT molecular complexity index is 693. The van der Waals surface area contributed by atoms with Crippen LogP contribution < -0.4 is 5.32 Å². The molecule has 7 heteroatoms. The standard InChI is InChI=1S/C15H19ClN2O3S/c1-22(20,21)14-7-12(5-6-13(14)16)17-15(19)18-8-10-3-2-4-11(10)9-18/h5-7,10-11H,2-4,8-9H2,1H3,(H,17,19). The van der Waals surface area contributed by atoms with Gasteiger partial charge in [-0.25, -0.2) is 13.2 Å². The second kappa shape index (κ2) is 5.74. The molecule has 1 aliphatic heterocycles. The number of nitrogens with zero attached hydrogens (tertiary/aromatic N) is 1. The lowest BCUT2D eigenvalue weighted by atomic mass is 10.0. The number of benzene rings is 1. The summed E-state index contributed by atoms with van der Waals surface area (Å²) in [6.45, 7) is 1.59. The molecule has 1 saturated carbocycles. The molecule has 0 bridgehead atoms. The molecule has 1 aromatic carbocycles. The minimum absolute atomic E-state index is 0.0326. The number of likely N-dealkylation sites (tertiary alicyclic amines) is 1. The van der Waals surface area contributed by atoms with Gasteiger partial charge in [0.05, 0.1) is 9.92 Å². The molecule has 1 aromatic rings. The van der Waals surface area contributed by atoms with E-state index < -0.39 is 9.84 Å². The van der Waals surface area contributed by atoms with Crippen LogP contribution in [0.1, 0.15) is 19.3 Å². The highest BCUT2D eigenvalue weighted by Crippen LogP contribution is 2.37. The van der Waals surface area contributed by atoms with Crippen molar-refractivity contribution >= 4 is 33.2 Å². The highest BCUT2D eigenvalue weighted by Gasteiger charge is 2.38. The maximum absolute atomic E-state index is 12.3. The maximum Gasteiger partial charge on any atom is 0.321 e. The number of sulfone groups is 1. The van der Waals surface area contributed by atoms with Crippen molar-refractivity contribution in [2.24, 2.45) is 11.8 Å². The summed E-state index contributed by atoms with van der Waals surface area (Å²) in [6.07, 6.45) is 4.77. The van der Waals surface area contributed by atoms with Crippen molar-refractivity contribution in [1.29, 1.82) is 0 Å². The monoisotopic (exact) mass is 342 g/mol. The Morgan fingerprint density at radius 2 is 1.91 bits per heavy atom. The SMILES string of the molecule is CS(=O)(=O)c1cc(NC(=O)N2CC3CCCC3C2)ccc1Cl. The minimum atomic E-state index is -3.42. The average Bonchev–Trinajstić information content (AvgIpc) is 3.00. The topological polar surface area (TPSA) is 66.5 Å². The summed E-state index contributed by atoms with van der Waals surface area (Å²) in [5, 5.41) is 2.94. The number of carbonyl (C=O) groups is 1. The van der Waals surface area contributed by atoms with Crippen molar-refractivity contribution in [3.8, 4) is 0 Å². The molecule has 2 fully saturated rings. The summed E-state index contributed by atoms with van der Waals surface area (Å²) in [4.78, 5) is 14.2. The Morgan fingerprint density at radius 3 is 2.50 bits per heavy atom. The molecule has 120 valence electrons. The molecule has 1 aliphatic carbocycles. The van der Waals surface area contributed by atoms with E-state index in [-0.39, 0.29) is 15.9 Å². The van der Waals surface area contributed by atoms with Gasteiger partial charge in [-0.3, -0.25) is 0 Å². The number of halogens is 1. The van der Waals surface area contributed by atoms with Crippen molar-refractivity contribution in [2.75, 3.05) is 24.7 Å². The number of urea groups is 1. The normalized spacial score (nSPS) is 24.4. The third-order valence-electron chi connectivity index (χ3n) is 4.60. The predicted molar refractivity (Wildman–Crippen MR) is 86.0 cm³/mol. The number of anilines is 1. The molecular formula is C15H19ClN2O3S. The summed E-state index contributed by atoms with van der Waals surface area (Å²) in [5.74, 6) is 1.25. The number of hydrogen-bond acceptors (Lipinski definition) is 3. The molecule has 5 nitrogen and oxygen atoms in total. The van der Waals surface area contributed by atoms with E-state index in [9.17, 15) is 13.2 Å². The van der Waals surface area contributed by atoms with Crippen molar-refractivity contribution in [3.05, 3.63) is 23.2 Å². The van der Waals surface area contributed by atoms with Gasteiger partial charge in [0, 0.05) is 25.0 Å². The molecule has 2 atom stereocenters. The van der Waals surface area contributed by atoms with E-state index in [1.165, 1.54) is 31.4 Å². The van der Waals surface area contributed by atoms with Crippen LogP contribution in [-0.4, -0.2) is 38.7 Å². The fraction of sp³-hybridized carbons (Fsp3) is 0.533. The molecule has 2 aliphatic rings. The van der Waals surface area contributed by atoms with Gasteiger partial charge in [0.2, 0.25) is 0 Å². The van der Waals surface area contributed by atoms with Crippen molar-refractivity contribution in [2.45, 2.75) is 24.2 Å². The Kier molecular flexibility index (Phi) is 4.07. The van der Waals surface area contributed by atoms with E-state index in [0.717, 1.165) is 19.3 Å². The van der Waals surface area contributed by atoms with Crippen LogP contribution in [0.3, 0.4) is 0 Å². The molecule has 1 N–H and O–H groups in total. The van der Waals surface area contributed by atoms with Gasteiger partial charge in [-0.1, -0.05) is 18.0 Å². The molecule has 22 heavy (non-hydrogen) atoms.